The SMILES string of the molecule is COc1cccc(N2C[C@@]34C=C[C@@H](O3)C(C(=O)O)C4C2=O)c1. The first-order valence-corrected chi connectivity index (χ1v) is 7.11. The standard InChI is InChI=1S/C16H15NO5/c1-21-10-4-2-3-9(7-10)17-8-16-6-5-11(22-16)12(15(19)20)13(16)14(17)18/h2-7,11-13H,8H2,1H3,(H,19,20)/t11-,12?,13?,16-/m1/s1. The highest BCUT2D eigenvalue weighted by Crippen LogP contribution is 2.52. The van der Waals surface area contributed by atoms with E-state index in [4.69, 9.17) is 9.47 Å². The van der Waals surface area contributed by atoms with Gasteiger partial charge in [-0.1, -0.05) is 18.2 Å². The maximum absolute atomic E-state index is 12.8. The number of hydrogen-bond donors (Lipinski definition) is 1. The average Bonchev–Trinajstić information content (AvgIpc) is 3.15. The summed E-state index contributed by atoms with van der Waals surface area (Å²) in [6.07, 6.45) is 3.11. The molecular formula is C16H15NO5. The molecule has 6 nitrogen and oxygen atoms in total. The molecule has 4 atom stereocenters. The number of fused-ring (bicyclic) bond motifs is 1. The van der Waals surface area contributed by atoms with Crippen molar-refractivity contribution in [3.63, 3.8) is 0 Å². The van der Waals surface area contributed by atoms with E-state index in [9.17, 15) is 14.7 Å². The molecule has 3 aliphatic heterocycles. The molecule has 0 saturated carbocycles. The second kappa shape index (κ2) is 4.33. The van der Waals surface area contributed by atoms with Crippen molar-refractivity contribution < 1.29 is 24.2 Å². The van der Waals surface area contributed by atoms with Crippen molar-refractivity contribution in [2.45, 2.75) is 11.7 Å². The molecule has 0 aliphatic carbocycles. The lowest BCUT2D eigenvalue weighted by atomic mass is 9.77. The van der Waals surface area contributed by atoms with Crippen molar-refractivity contribution in [1.82, 2.24) is 0 Å². The number of methoxy groups -OCH3 is 1. The Morgan fingerprint density at radius 3 is 3.05 bits per heavy atom. The molecule has 2 bridgehead atoms. The lowest BCUT2D eigenvalue weighted by Gasteiger charge is -2.21. The van der Waals surface area contributed by atoms with Gasteiger partial charge in [0.05, 0.1) is 25.7 Å². The molecule has 1 N–H and O–H groups in total. The fraction of sp³-hybridized carbons (Fsp3) is 0.375. The number of carboxylic acids is 1. The van der Waals surface area contributed by atoms with E-state index in [-0.39, 0.29) is 5.91 Å². The van der Waals surface area contributed by atoms with Gasteiger partial charge in [0.2, 0.25) is 5.91 Å². The minimum atomic E-state index is -0.984. The Bertz CT molecular complexity index is 700. The van der Waals surface area contributed by atoms with Gasteiger partial charge in [-0.15, -0.1) is 0 Å². The van der Waals surface area contributed by atoms with Crippen molar-refractivity contribution in [2.75, 3.05) is 18.6 Å². The zero-order chi connectivity index (χ0) is 15.5. The summed E-state index contributed by atoms with van der Waals surface area (Å²) in [5, 5.41) is 9.43. The zero-order valence-electron chi connectivity index (χ0n) is 11.9. The zero-order valence-corrected chi connectivity index (χ0v) is 11.9. The van der Waals surface area contributed by atoms with Gasteiger partial charge in [-0.2, -0.15) is 0 Å². The van der Waals surface area contributed by atoms with Crippen LogP contribution in [-0.2, 0) is 14.3 Å². The van der Waals surface area contributed by atoms with Gasteiger partial charge >= 0.3 is 5.97 Å². The Hall–Kier alpha value is -2.34. The van der Waals surface area contributed by atoms with Crippen LogP contribution in [-0.4, -0.2) is 42.3 Å². The van der Waals surface area contributed by atoms with Crippen LogP contribution in [0.25, 0.3) is 0 Å². The monoisotopic (exact) mass is 301 g/mol. The Morgan fingerprint density at radius 1 is 1.50 bits per heavy atom. The third-order valence-electron chi connectivity index (χ3n) is 4.75. The van der Waals surface area contributed by atoms with E-state index >= 15 is 0 Å². The molecule has 4 rings (SSSR count). The number of carbonyl (C=O) groups is 2. The first-order valence-electron chi connectivity index (χ1n) is 7.11. The number of hydrogen-bond acceptors (Lipinski definition) is 4. The predicted molar refractivity (Wildman–Crippen MR) is 76.7 cm³/mol. The van der Waals surface area contributed by atoms with Crippen molar-refractivity contribution in [3.05, 3.63) is 36.4 Å². The number of carboxylic acid groups (broad SMARTS) is 1. The molecule has 2 unspecified atom stereocenters. The van der Waals surface area contributed by atoms with Crippen LogP contribution in [0.2, 0.25) is 0 Å². The minimum Gasteiger partial charge on any atom is -0.497 e. The quantitative estimate of drug-likeness (QED) is 0.845. The van der Waals surface area contributed by atoms with Gasteiger partial charge in [-0.25, -0.2) is 0 Å². The number of ether oxygens (including phenoxy) is 2. The third-order valence-corrected chi connectivity index (χ3v) is 4.75. The highest BCUT2D eigenvalue weighted by Gasteiger charge is 2.67. The molecule has 114 valence electrons. The first-order chi connectivity index (χ1) is 10.6. The second-order valence-corrected chi connectivity index (χ2v) is 5.86. The van der Waals surface area contributed by atoms with Gasteiger partial charge in [-0.05, 0) is 12.1 Å². The molecule has 0 aromatic heterocycles. The number of amides is 1. The van der Waals surface area contributed by atoms with E-state index in [0.29, 0.717) is 18.0 Å². The smallest absolute Gasteiger partial charge is 0.310 e. The van der Waals surface area contributed by atoms with E-state index in [1.54, 1.807) is 36.3 Å². The van der Waals surface area contributed by atoms with Crippen LogP contribution in [0.1, 0.15) is 0 Å². The summed E-state index contributed by atoms with van der Waals surface area (Å²) < 4.78 is 11.0. The van der Waals surface area contributed by atoms with Gasteiger partial charge in [0.1, 0.15) is 17.3 Å². The normalized spacial score (nSPS) is 35.0. The Morgan fingerprint density at radius 2 is 2.32 bits per heavy atom. The summed E-state index contributed by atoms with van der Waals surface area (Å²) in [5.74, 6) is -2.01. The second-order valence-electron chi connectivity index (χ2n) is 5.86. The lowest BCUT2D eigenvalue weighted by Crippen LogP contribution is -2.39. The maximum Gasteiger partial charge on any atom is 0.310 e. The summed E-state index contributed by atoms with van der Waals surface area (Å²) in [5.41, 5.74) is -0.119. The molecule has 1 amide bonds. The van der Waals surface area contributed by atoms with E-state index < -0.39 is 29.5 Å². The van der Waals surface area contributed by atoms with Crippen LogP contribution >= 0.6 is 0 Å². The van der Waals surface area contributed by atoms with E-state index in [1.165, 1.54) is 0 Å². The summed E-state index contributed by atoms with van der Waals surface area (Å²) in [7, 11) is 1.56. The summed E-state index contributed by atoms with van der Waals surface area (Å²) in [6, 6.07) is 7.17. The Kier molecular flexibility index (Phi) is 2.62. The van der Waals surface area contributed by atoms with Crippen LogP contribution in [0.15, 0.2) is 36.4 Å². The Labute approximate surface area is 126 Å². The third kappa shape index (κ3) is 1.58. The summed E-state index contributed by atoms with van der Waals surface area (Å²) in [4.78, 5) is 25.9. The van der Waals surface area contributed by atoms with Crippen molar-refractivity contribution in [1.29, 1.82) is 0 Å². The van der Waals surface area contributed by atoms with Crippen molar-refractivity contribution in [2.24, 2.45) is 11.8 Å². The van der Waals surface area contributed by atoms with Crippen LogP contribution in [0, 0.1) is 11.8 Å². The molecule has 6 heteroatoms. The molecule has 3 aliphatic rings. The highest BCUT2D eigenvalue weighted by molar-refractivity contribution is 6.02. The van der Waals surface area contributed by atoms with Gasteiger partial charge in [0.25, 0.3) is 0 Å². The molecular weight excluding hydrogens is 286 g/mol. The highest BCUT2D eigenvalue weighted by atomic mass is 16.5. The van der Waals surface area contributed by atoms with E-state index in [0.717, 1.165) is 0 Å². The molecule has 1 aromatic rings. The topological polar surface area (TPSA) is 76.1 Å². The lowest BCUT2D eigenvalue weighted by molar-refractivity contribution is -0.146. The number of benzene rings is 1. The molecule has 2 fully saturated rings. The van der Waals surface area contributed by atoms with Gasteiger partial charge in [-0.3, -0.25) is 9.59 Å². The Balaban J connectivity index is 1.73. The van der Waals surface area contributed by atoms with Gasteiger partial charge in [0, 0.05) is 11.8 Å². The molecule has 0 radical (unpaired) electrons. The van der Waals surface area contributed by atoms with Gasteiger partial charge < -0.3 is 19.5 Å². The van der Waals surface area contributed by atoms with Crippen LogP contribution in [0.3, 0.4) is 0 Å². The number of nitrogens with zero attached hydrogens (tertiary/aromatic N) is 1. The largest absolute Gasteiger partial charge is 0.497 e. The van der Waals surface area contributed by atoms with Crippen LogP contribution in [0.4, 0.5) is 5.69 Å². The number of carbonyl (C=O) groups excluding carboxylic acids is 1. The van der Waals surface area contributed by atoms with Crippen molar-refractivity contribution in [3.8, 4) is 5.75 Å². The summed E-state index contributed by atoms with van der Waals surface area (Å²) in [6.45, 7) is 0.334. The van der Waals surface area contributed by atoms with Crippen LogP contribution in [0.5, 0.6) is 5.75 Å². The molecule has 2 saturated heterocycles. The van der Waals surface area contributed by atoms with Gasteiger partial charge in [0.15, 0.2) is 0 Å². The number of aliphatic carboxylic acids is 1. The number of rotatable bonds is 3. The predicted octanol–water partition coefficient (Wildman–Crippen LogP) is 1.07. The average molecular weight is 301 g/mol. The summed E-state index contributed by atoms with van der Waals surface area (Å²) >= 11 is 0. The fourth-order valence-corrected chi connectivity index (χ4v) is 3.78. The first kappa shape index (κ1) is 13.3. The molecule has 1 spiro atoms. The molecule has 3 heterocycles. The fourth-order valence-electron chi connectivity index (χ4n) is 3.78. The molecule has 1 aromatic carbocycles. The van der Waals surface area contributed by atoms with Crippen LogP contribution < -0.4 is 9.64 Å². The number of anilines is 1. The van der Waals surface area contributed by atoms with E-state index in [2.05, 4.69) is 0 Å². The van der Waals surface area contributed by atoms with E-state index in [1.807, 2.05) is 12.1 Å². The van der Waals surface area contributed by atoms with Crippen molar-refractivity contribution >= 4 is 17.6 Å². The minimum absolute atomic E-state index is 0.201. The maximum atomic E-state index is 12.8. The molecule has 22 heavy (non-hydrogen) atoms.